The van der Waals surface area contributed by atoms with Gasteiger partial charge in [0, 0.05) is 16.9 Å². The quantitative estimate of drug-likeness (QED) is 0.924. The smallest absolute Gasteiger partial charge is 0.183 e. The van der Waals surface area contributed by atoms with Gasteiger partial charge in [-0.1, -0.05) is 6.07 Å². The molecule has 0 spiro atoms. The van der Waals surface area contributed by atoms with Crippen LogP contribution in [-0.2, 0) is 0 Å². The van der Waals surface area contributed by atoms with E-state index < -0.39 is 5.82 Å². The van der Waals surface area contributed by atoms with Crippen LogP contribution in [-0.4, -0.2) is 9.97 Å². The van der Waals surface area contributed by atoms with Crippen LogP contribution in [0.5, 0.6) is 0 Å². The molecule has 6 heteroatoms. The second-order valence-electron chi connectivity index (χ2n) is 3.09. The molecule has 0 aliphatic heterocycles. The normalized spacial score (nSPS) is 9.71. The van der Waals surface area contributed by atoms with Gasteiger partial charge in [-0.15, -0.1) is 0 Å². The molecule has 0 unspecified atom stereocenters. The first-order chi connectivity index (χ1) is 8.22. The van der Waals surface area contributed by atoms with Crippen molar-refractivity contribution in [1.29, 1.82) is 5.26 Å². The maximum absolute atomic E-state index is 13.5. The van der Waals surface area contributed by atoms with Crippen molar-refractivity contribution in [1.82, 2.24) is 9.97 Å². The van der Waals surface area contributed by atoms with Gasteiger partial charge in [-0.3, -0.25) is 0 Å². The van der Waals surface area contributed by atoms with E-state index in [9.17, 15) is 4.39 Å². The summed E-state index contributed by atoms with van der Waals surface area (Å²) in [5.41, 5.74) is 0.340. The standard InChI is InChI=1S/C11H6BrFN4/c12-7-2-1-3-8(13)10(7)17-11-9(6-14)15-4-5-16-11/h1-5H,(H,16,17). The van der Waals surface area contributed by atoms with Crippen LogP contribution >= 0.6 is 15.9 Å². The van der Waals surface area contributed by atoms with Gasteiger partial charge in [0.2, 0.25) is 0 Å². The Bertz CT molecular complexity index is 574. The molecule has 0 atom stereocenters. The third-order valence-corrected chi connectivity index (χ3v) is 2.67. The summed E-state index contributed by atoms with van der Waals surface area (Å²) in [6, 6.07) is 6.46. The molecule has 1 aromatic heterocycles. The highest BCUT2D eigenvalue weighted by Gasteiger charge is 2.10. The van der Waals surface area contributed by atoms with Gasteiger partial charge < -0.3 is 5.32 Å². The summed E-state index contributed by atoms with van der Waals surface area (Å²) in [4.78, 5) is 7.77. The largest absolute Gasteiger partial charge is 0.334 e. The number of hydrogen-bond donors (Lipinski definition) is 1. The van der Waals surface area contributed by atoms with E-state index in [4.69, 9.17) is 5.26 Å². The lowest BCUT2D eigenvalue weighted by Gasteiger charge is -2.08. The monoisotopic (exact) mass is 292 g/mol. The van der Waals surface area contributed by atoms with E-state index in [1.165, 1.54) is 18.5 Å². The van der Waals surface area contributed by atoms with Crippen LogP contribution in [0.2, 0.25) is 0 Å². The lowest BCUT2D eigenvalue weighted by molar-refractivity contribution is 0.631. The Hall–Kier alpha value is -2.00. The third kappa shape index (κ3) is 2.40. The zero-order valence-electron chi connectivity index (χ0n) is 8.48. The summed E-state index contributed by atoms with van der Waals surface area (Å²) >= 11 is 3.22. The second kappa shape index (κ2) is 4.89. The molecule has 0 saturated heterocycles. The van der Waals surface area contributed by atoms with E-state index in [2.05, 4.69) is 31.2 Å². The van der Waals surface area contributed by atoms with Crippen molar-refractivity contribution in [3.63, 3.8) is 0 Å². The number of halogens is 2. The Kier molecular flexibility index (Phi) is 3.30. The average Bonchev–Trinajstić information content (AvgIpc) is 2.34. The first kappa shape index (κ1) is 11.5. The number of nitrogens with one attached hydrogen (secondary N) is 1. The number of benzene rings is 1. The third-order valence-electron chi connectivity index (χ3n) is 2.01. The van der Waals surface area contributed by atoms with Gasteiger partial charge in [0.05, 0.1) is 5.69 Å². The van der Waals surface area contributed by atoms with Crippen molar-refractivity contribution in [3.05, 3.63) is 46.6 Å². The number of nitrogens with zero attached hydrogens (tertiary/aromatic N) is 3. The maximum atomic E-state index is 13.5. The van der Waals surface area contributed by atoms with E-state index in [1.54, 1.807) is 12.1 Å². The molecule has 0 amide bonds. The molecular weight excluding hydrogens is 287 g/mol. The second-order valence-corrected chi connectivity index (χ2v) is 3.94. The highest BCUT2D eigenvalue weighted by atomic mass is 79.9. The molecule has 0 radical (unpaired) electrons. The lowest BCUT2D eigenvalue weighted by atomic mass is 10.3. The molecule has 4 nitrogen and oxygen atoms in total. The molecule has 17 heavy (non-hydrogen) atoms. The van der Waals surface area contributed by atoms with Crippen molar-refractivity contribution in [2.24, 2.45) is 0 Å². The number of nitriles is 1. The fourth-order valence-corrected chi connectivity index (χ4v) is 1.69. The molecule has 2 rings (SSSR count). The summed E-state index contributed by atoms with van der Waals surface area (Å²) in [6.45, 7) is 0. The zero-order chi connectivity index (χ0) is 12.3. The molecule has 0 bridgehead atoms. The molecule has 1 N–H and O–H groups in total. The van der Waals surface area contributed by atoms with E-state index in [1.807, 2.05) is 6.07 Å². The molecule has 0 saturated carbocycles. The summed E-state index contributed by atoms with van der Waals surface area (Å²) in [7, 11) is 0. The molecule has 0 aliphatic rings. The Balaban J connectivity index is 2.42. The van der Waals surface area contributed by atoms with Crippen molar-refractivity contribution in [2.45, 2.75) is 0 Å². The van der Waals surface area contributed by atoms with Gasteiger partial charge in [0.15, 0.2) is 11.5 Å². The summed E-state index contributed by atoms with van der Waals surface area (Å²) in [6.07, 6.45) is 2.83. The van der Waals surface area contributed by atoms with E-state index in [-0.39, 0.29) is 17.2 Å². The van der Waals surface area contributed by atoms with Gasteiger partial charge in [-0.25, -0.2) is 14.4 Å². The van der Waals surface area contributed by atoms with Crippen molar-refractivity contribution < 1.29 is 4.39 Å². The lowest BCUT2D eigenvalue weighted by Crippen LogP contribution is -2.01. The van der Waals surface area contributed by atoms with Gasteiger partial charge >= 0.3 is 0 Å². The van der Waals surface area contributed by atoms with Crippen LogP contribution < -0.4 is 5.32 Å². The molecule has 84 valence electrons. The minimum Gasteiger partial charge on any atom is -0.334 e. The Morgan fingerprint density at radius 2 is 2.06 bits per heavy atom. The van der Waals surface area contributed by atoms with Gasteiger partial charge in [-0.05, 0) is 28.1 Å². The minimum absolute atomic E-state index is 0.114. The van der Waals surface area contributed by atoms with Crippen LogP contribution in [0.3, 0.4) is 0 Å². The predicted octanol–water partition coefficient (Wildman–Crippen LogP) is 2.99. The average molecular weight is 293 g/mol. The number of para-hydroxylation sites is 1. The van der Waals surface area contributed by atoms with Crippen LogP contribution in [0.15, 0.2) is 35.1 Å². The van der Waals surface area contributed by atoms with Crippen LogP contribution in [0.1, 0.15) is 5.69 Å². The SMILES string of the molecule is N#Cc1nccnc1Nc1c(F)cccc1Br. The van der Waals surface area contributed by atoms with Gasteiger partial charge in [-0.2, -0.15) is 5.26 Å². The van der Waals surface area contributed by atoms with Crippen LogP contribution in [0, 0.1) is 17.1 Å². The molecule has 2 aromatic rings. The molecule has 1 heterocycles. The molecule has 1 aromatic carbocycles. The summed E-state index contributed by atoms with van der Waals surface area (Å²) in [5.74, 6) is -0.213. The predicted molar refractivity (Wildman–Crippen MR) is 64.1 cm³/mol. The maximum Gasteiger partial charge on any atom is 0.183 e. The van der Waals surface area contributed by atoms with Crippen molar-refractivity contribution in [2.75, 3.05) is 5.32 Å². The highest BCUT2D eigenvalue weighted by Crippen LogP contribution is 2.28. The number of aromatic nitrogens is 2. The van der Waals surface area contributed by atoms with E-state index in [0.717, 1.165) is 0 Å². The minimum atomic E-state index is -0.436. The van der Waals surface area contributed by atoms with Crippen molar-refractivity contribution in [3.8, 4) is 6.07 Å². The Morgan fingerprint density at radius 3 is 2.76 bits per heavy atom. The number of hydrogen-bond acceptors (Lipinski definition) is 4. The molecule has 0 fully saturated rings. The molecular formula is C11H6BrFN4. The van der Waals surface area contributed by atoms with Gasteiger partial charge in [0.1, 0.15) is 11.9 Å². The van der Waals surface area contributed by atoms with Gasteiger partial charge in [0.25, 0.3) is 0 Å². The summed E-state index contributed by atoms with van der Waals surface area (Å²) in [5, 5.41) is 11.6. The van der Waals surface area contributed by atoms with Crippen molar-refractivity contribution >= 4 is 27.4 Å². The van der Waals surface area contributed by atoms with Crippen LogP contribution in [0.4, 0.5) is 15.9 Å². The number of rotatable bonds is 2. The number of anilines is 2. The van der Waals surface area contributed by atoms with Crippen LogP contribution in [0.25, 0.3) is 0 Å². The van der Waals surface area contributed by atoms with E-state index >= 15 is 0 Å². The fourth-order valence-electron chi connectivity index (χ4n) is 1.25. The topological polar surface area (TPSA) is 61.6 Å². The van der Waals surface area contributed by atoms with E-state index in [0.29, 0.717) is 4.47 Å². The highest BCUT2D eigenvalue weighted by molar-refractivity contribution is 9.10. The zero-order valence-corrected chi connectivity index (χ0v) is 10.1. The first-order valence-electron chi connectivity index (χ1n) is 4.64. The Labute approximate surface area is 105 Å². The Morgan fingerprint density at radius 1 is 1.29 bits per heavy atom. The summed E-state index contributed by atoms with van der Waals surface area (Å²) < 4.78 is 14.1. The first-order valence-corrected chi connectivity index (χ1v) is 5.44. The molecule has 0 aliphatic carbocycles. The fraction of sp³-hybridized carbons (Fsp3) is 0.